The van der Waals surface area contributed by atoms with E-state index in [9.17, 15) is 28.8 Å². The Labute approximate surface area is 321 Å². The highest BCUT2D eigenvalue weighted by molar-refractivity contribution is 6.06. The number of imide groups is 1. The Morgan fingerprint density at radius 3 is 2.00 bits per heavy atom. The highest BCUT2D eigenvalue weighted by Crippen LogP contribution is 2.63. The third-order valence-corrected chi connectivity index (χ3v) is 14.6. The van der Waals surface area contributed by atoms with E-state index in [-0.39, 0.29) is 62.5 Å². The predicted molar refractivity (Wildman–Crippen MR) is 198 cm³/mol. The maximum Gasteiger partial charge on any atom is 0.347 e. The average Bonchev–Trinajstić information content (AvgIpc) is 3.76. The van der Waals surface area contributed by atoms with Gasteiger partial charge < -0.3 is 18.9 Å². The molecule has 2 amide bonds. The molecule has 7 rings (SSSR count). The Bertz CT molecular complexity index is 1530. The van der Waals surface area contributed by atoms with E-state index in [2.05, 4.69) is 6.92 Å². The number of esters is 4. The molecule has 2 saturated heterocycles. The van der Waals surface area contributed by atoms with Gasteiger partial charge in [-0.15, -0.1) is 0 Å². The van der Waals surface area contributed by atoms with Gasteiger partial charge in [-0.2, -0.15) is 0 Å². The first kappa shape index (κ1) is 40.7. The van der Waals surface area contributed by atoms with Crippen molar-refractivity contribution < 1.29 is 47.7 Å². The molecule has 2 aliphatic heterocycles. The Balaban J connectivity index is 1.33. The fourth-order valence-corrected chi connectivity index (χ4v) is 12.4. The smallest absolute Gasteiger partial charge is 0.347 e. The van der Waals surface area contributed by atoms with Crippen LogP contribution in [0, 0.1) is 38.9 Å². The van der Waals surface area contributed by atoms with Crippen LogP contribution in [0.1, 0.15) is 165 Å². The maximum absolute atomic E-state index is 14.7. The van der Waals surface area contributed by atoms with E-state index >= 15 is 0 Å². The molecule has 0 N–H and O–H groups in total. The van der Waals surface area contributed by atoms with Crippen molar-refractivity contribution in [3.8, 4) is 0 Å². The maximum atomic E-state index is 14.7. The topological polar surface area (TPSA) is 143 Å². The fourth-order valence-electron chi connectivity index (χ4n) is 12.4. The van der Waals surface area contributed by atoms with Gasteiger partial charge in [-0.3, -0.25) is 28.9 Å². The minimum Gasteiger partial charge on any atom is -0.463 e. The van der Waals surface area contributed by atoms with E-state index in [1.807, 2.05) is 20.8 Å². The van der Waals surface area contributed by atoms with E-state index < -0.39 is 62.8 Å². The van der Waals surface area contributed by atoms with Crippen molar-refractivity contribution in [2.24, 2.45) is 38.9 Å². The monoisotopic (exact) mass is 755 g/mol. The molecule has 6 atom stereocenters. The summed E-state index contributed by atoms with van der Waals surface area (Å²) in [7, 11) is 0. The molecule has 0 radical (unpaired) electrons. The molecule has 7 fully saturated rings. The van der Waals surface area contributed by atoms with Gasteiger partial charge in [0.2, 0.25) is 17.9 Å². The summed E-state index contributed by atoms with van der Waals surface area (Å²) in [5.41, 5.74) is -6.34. The first-order chi connectivity index (χ1) is 25.2. The molecule has 5 saturated carbocycles. The van der Waals surface area contributed by atoms with Crippen LogP contribution in [-0.2, 0) is 47.7 Å². The number of ether oxygens (including phenoxy) is 4. The van der Waals surface area contributed by atoms with Crippen LogP contribution in [0.5, 0.6) is 0 Å². The first-order valence-electron chi connectivity index (χ1n) is 20.9. The van der Waals surface area contributed by atoms with E-state index in [4.69, 9.17) is 18.9 Å². The second kappa shape index (κ2) is 14.2. The zero-order valence-corrected chi connectivity index (χ0v) is 34.2. The van der Waals surface area contributed by atoms with Gasteiger partial charge in [0, 0.05) is 19.4 Å². The number of hydrogen-bond acceptors (Lipinski definition) is 10. The van der Waals surface area contributed by atoms with Crippen molar-refractivity contribution >= 4 is 35.7 Å². The summed E-state index contributed by atoms with van der Waals surface area (Å²) in [5.74, 6) is -1.96. The van der Waals surface area contributed by atoms with Crippen LogP contribution in [0.15, 0.2) is 0 Å². The van der Waals surface area contributed by atoms with Gasteiger partial charge >= 0.3 is 23.9 Å². The molecule has 5 aliphatic carbocycles. The molecular weight excluding hydrogens is 690 g/mol. The second-order valence-corrected chi connectivity index (χ2v) is 20.1. The molecule has 0 spiro atoms. The predicted octanol–water partition coefficient (Wildman–Crippen LogP) is 7.40. The highest BCUT2D eigenvalue weighted by atomic mass is 16.6. The number of nitrogens with zero attached hydrogens (tertiary/aromatic N) is 1. The van der Waals surface area contributed by atoms with Gasteiger partial charge in [-0.05, 0) is 148 Å². The van der Waals surface area contributed by atoms with Crippen LogP contribution in [0.3, 0.4) is 0 Å². The van der Waals surface area contributed by atoms with Crippen LogP contribution in [0.25, 0.3) is 0 Å². The lowest BCUT2D eigenvalue weighted by molar-refractivity contribution is -0.209. The third-order valence-electron chi connectivity index (χ3n) is 14.6. The van der Waals surface area contributed by atoms with Crippen LogP contribution in [0.4, 0.5) is 0 Å². The van der Waals surface area contributed by atoms with Crippen LogP contribution < -0.4 is 0 Å². The molecule has 0 aromatic rings. The number of amides is 2. The summed E-state index contributed by atoms with van der Waals surface area (Å²) in [6.07, 6.45) is 9.18. The quantitative estimate of drug-likeness (QED) is 0.0943. The molecule has 2 heterocycles. The molecule has 54 heavy (non-hydrogen) atoms. The molecule has 11 heteroatoms. The minimum absolute atomic E-state index is 0.0191. The molecule has 4 bridgehead atoms. The number of carbonyl (C=O) groups is 6. The summed E-state index contributed by atoms with van der Waals surface area (Å²) >= 11 is 0. The Morgan fingerprint density at radius 1 is 0.852 bits per heavy atom. The Hall–Kier alpha value is -2.98. The highest BCUT2D eigenvalue weighted by Gasteiger charge is 2.62. The molecule has 0 aromatic carbocycles. The number of hydrogen-bond donors (Lipinski definition) is 0. The van der Waals surface area contributed by atoms with Gasteiger partial charge in [0.25, 0.3) is 0 Å². The summed E-state index contributed by atoms with van der Waals surface area (Å²) in [6, 6.07) is 0. The second-order valence-electron chi connectivity index (χ2n) is 20.1. The van der Waals surface area contributed by atoms with Crippen molar-refractivity contribution in [1.29, 1.82) is 0 Å². The lowest BCUT2D eigenvalue weighted by Gasteiger charge is -2.60. The minimum atomic E-state index is -1.55. The van der Waals surface area contributed by atoms with Crippen LogP contribution in [0.2, 0.25) is 0 Å². The average molecular weight is 756 g/mol. The van der Waals surface area contributed by atoms with Crippen LogP contribution >= 0.6 is 0 Å². The van der Waals surface area contributed by atoms with Gasteiger partial charge in [0.1, 0.15) is 11.2 Å². The fraction of sp³-hybridized carbons (Fsp3) is 0.860. The summed E-state index contributed by atoms with van der Waals surface area (Å²) in [6.45, 7) is 15.2. The molecular formula is C43H65NO10. The van der Waals surface area contributed by atoms with Crippen molar-refractivity contribution in [2.75, 3.05) is 13.2 Å². The molecule has 7 aliphatic rings. The molecule has 302 valence electrons. The zero-order valence-electron chi connectivity index (χ0n) is 34.2. The van der Waals surface area contributed by atoms with Crippen molar-refractivity contribution in [1.82, 2.24) is 4.90 Å². The van der Waals surface area contributed by atoms with Gasteiger partial charge in [0.15, 0.2) is 0 Å². The standard InChI is InChI=1S/C43H65NO10/c1-9-39(7,36(50)54-43-21-28-18-29(22-43)20-38(6,19-28)25-43)26-41(23-31(45)44(11-3)33(41)47)27-40(8,35(49)52-30-14-17-51-32(30)46)24-37(4,5)34(48)53-42(10-2)15-12-13-16-42/h28-30H,9-27H2,1-8H3. The van der Waals surface area contributed by atoms with Gasteiger partial charge in [-0.25, -0.2) is 4.79 Å². The van der Waals surface area contributed by atoms with E-state index in [1.165, 1.54) is 11.3 Å². The molecule has 6 unspecified atom stereocenters. The van der Waals surface area contributed by atoms with Gasteiger partial charge in [-0.1, -0.05) is 20.8 Å². The summed E-state index contributed by atoms with van der Waals surface area (Å²) in [5, 5.41) is 0. The number of rotatable bonds is 15. The molecule has 11 nitrogen and oxygen atoms in total. The number of cyclic esters (lactones) is 1. The van der Waals surface area contributed by atoms with Crippen molar-refractivity contribution in [2.45, 2.75) is 182 Å². The normalized spacial score (nSPS) is 35.1. The number of likely N-dealkylation sites (tertiary alicyclic amines) is 1. The van der Waals surface area contributed by atoms with Crippen molar-refractivity contribution in [3.05, 3.63) is 0 Å². The SMILES string of the molecule is CCN1C(=O)CC(CC(C)(CC(C)(C)C(=O)OC2(CC)CCCC2)C(=O)OC2CCOC2=O)(CC(C)(CC)C(=O)OC23CC4CC(CC(C)(C4)C2)C3)C1=O. The van der Waals surface area contributed by atoms with E-state index in [0.29, 0.717) is 24.7 Å². The van der Waals surface area contributed by atoms with Gasteiger partial charge in [0.05, 0.1) is 28.3 Å². The van der Waals surface area contributed by atoms with Crippen LogP contribution in [-0.4, -0.2) is 71.0 Å². The first-order valence-corrected chi connectivity index (χ1v) is 20.9. The van der Waals surface area contributed by atoms with Crippen molar-refractivity contribution in [3.63, 3.8) is 0 Å². The Morgan fingerprint density at radius 2 is 1.48 bits per heavy atom. The van der Waals surface area contributed by atoms with E-state index in [1.54, 1.807) is 27.7 Å². The molecule has 0 aromatic heterocycles. The zero-order chi connectivity index (χ0) is 39.5. The summed E-state index contributed by atoms with van der Waals surface area (Å²) in [4.78, 5) is 85.3. The third kappa shape index (κ3) is 7.47. The van der Waals surface area contributed by atoms with E-state index in [0.717, 1.165) is 57.8 Å². The Kier molecular flexibility index (Phi) is 10.7. The summed E-state index contributed by atoms with van der Waals surface area (Å²) < 4.78 is 23.9. The largest absolute Gasteiger partial charge is 0.463 e. The lowest BCUT2D eigenvalue weighted by Crippen LogP contribution is -2.57. The number of carbonyl (C=O) groups excluding carboxylic acids is 6. The lowest BCUT2D eigenvalue weighted by atomic mass is 9.48.